The van der Waals surface area contributed by atoms with E-state index in [2.05, 4.69) is 4.74 Å². The van der Waals surface area contributed by atoms with Gasteiger partial charge in [-0.3, -0.25) is 4.79 Å². The Balaban J connectivity index is 2.46. The minimum absolute atomic E-state index is 0.148. The van der Waals surface area contributed by atoms with Gasteiger partial charge in [-0.05, 0) is 55.5 Å². The summed E-state index contributed by atoms with van der Waals surface area (Å²) in [6.07, 6.45) is -5.30. The molecule has 1 amide bonds. The summed E-state index contributed by atoms with van der Waals surface area (Å²) in [5, 5.41) is 3.63. The van der Waals surface area contributed by atoms with Crippen molar-refractivity contribution >= 4 is 17.6 Å². The molecule has 6 nitrogen and oxygen atoms in total. The minimum atomic E-state index is -5.30. The van der Waals surface area contributed by atoms with Gasteiger partial charge in [0.25, 0.3) is 5.91 Å². The lowest BCUT2D eigenvalue weighted by Gasteiger charge is -2.35. The van der Waals surface area contributed by atoms with Gasteiger partial charge in [-0.1, -0.05) is 0 Å². The first-order valence-electron chi connectivity index (χ1n) is 8.37. The lowest BCUT2D eigenvalue weighted by Crippen LogP contribution is -2.69. The molecule has 2 N–H and O–H groups in total. The summed E-state index contributed by atoms with van der Waals surface area (Å²) in [5.74, 6) is -3.25. The van der Waals surface area contributed by atoms with Crippen molar-refractivity contribution in [3.05, 3.63) is 59.9 Å². The van der Waals surface area contributed by atoms with Gasteiger partial charge in [0, 0.05) is 11.3 Å². The van der Waals surface area contributed by atoms with Crippen molar-refractivity contribution in [2.45, 2.75) is 18.8 Å². The predicted molar refractivity (Wildman–Crippen MR) is 95.9 cm³/mol. The SMILES string of the molecule is CCOC(=O)C(NC(=O)c1ccc(OC)cc1)(Nc1ccc(F)cc1)C(F)(F)F. The van der Waals surface area contributed by atoms with Crippen molar-refractivity contribution in [1.82, 2.24) is 5.32 Å². The largest absolute Gasteiger partial charge is 0.497 e. The Bertz CT molecular complexity index is 854. The average molecular weight is 414 g/mol. The number of rotatable bonds is 7. The molecule has 0 aliphatic heterocycles. The van der Waals surface area contributed by atoms with Crippen LogP contribution in [0.4, 0.5) is 23.2 Å². The molecule has 0 aliphatic rings. The number of benzene rings is 2. The molecule has 10 heteroatoms. The van der Waals surface area contributed by atoms with Crippen LogP contribution in [-0.4, -0.2) is 37.4 Å². The van der Waals surface area contributed by atoms with Crippen LogP contribution in [0.3, 0.4) is 0 Å². The summed E-state index contributed by atoms with van der Waals surface area (Å²) in [4.78, 5) is 24.8. The van der Waals surface area contributed by atoms with E-state index in [-0.39, 0.29) is 17.9 Å². The Kier molecular flexibility index (Phi) is 6.68. The van der Waals surface area contributed by atoms with E-state index in [0.717, 1.165) is 24.3 Å². The molecule has 0 fully saturated rings. The molecule has 1 unspecified atom stereocenters. The van der Waals surface area contributed by atoms with Gasteiger partial charge in [0.05, 0.1) is 13.7 Å². The van der Waals surface area contributed by atoms with Crippen LogP contribution < -0.4 is 15.4 Å². The Morgan fingerprint density at radius 2 is 1.59 bits per heavy atom. The summed E-state index contributed by atoms with van der Waals surface area (Å²) in [7, 11) is 1.39. The molecule has 0 saturated carbocycles. The number of hydrogen-bond acceptors (Lipinski definition) is 5. The number of methoxy groups -OCH3 is 1. The van der Waals surface area contributed by atoms with Crippen molar-refractivity contribution in [3.8, 4) is 5.75 Å². The predicted octanol–water partition coefficient (Wildman–Crippen LogP) is 3.50. The molecule has 0 spiro atoms. The number of amides is 1. The molecule has 29 heavy (non-hydrogen) atoms. The Morgan fingerprint density at radius 3 is 2.07 bits per heavy atom. The van der Waals surface area contributed by atoms with Gasteiger partial charge in [0.1, 0.15) is 11.6 Å². The summed E-state index contributed by atoms with van der Waals surface area (Å²) in [6.45, 7) is 0.961. The third-order valence-corrected chi connectivity index (χ3v) is 3.84. The standard InChI is InChI=1S/C19H18F4N2O4/c1-3-29-17(27)18(19(21,22)23,24-14-8-6-13(20)7-9-14)25-16(26)12-4-10-15(28-2)11-5-12/h4-11,24H,3H2,1-2H3,(H,25,26). The Morgan fingerprint density at radius 1 is 1.00 bits per heavy atom. The number of alkyl halides is 3. The number of ether oxygens (including phenoxy) is 2. The van der Waals surface area contributed by atoms with Gasteiger partial charge < -0.3 is 20.1 Å². The average Bonchev–Trinajstić information content (AvgIpc) is 2.68. The number of carbonyl (C=O) groups is 2. The minimum Gasteiger partial charge on any atom is -0.497 e. The first-order chi connectivity index (χ1) is 13.6. The topological polar surface area (TPSA) is 76.7 Å². The van der Waals surface area contributed by atoms with Gasteiger partial charge in [0.15, 0.2) is 0 Å². The molecular weight excluding hydrogens is 396 g/mol. The summed E-state index contributed by atoms with van der Waals surface area (Å²) < 4.78 is 64.7. The number of nitrogens with one attached hydrogen (secondary N) is 2. The first kappa shape index (κ1) is 22.0. The Hall–Kier alpha value is -3.30. The molecule has 0 aromatic heterocycles. The zero-order valence-corrected chi connectivity index (χ0v) is 15.5. The normalized spacial score (nSPS) is 13.2. The van der Waals surface area contributed by atoms with Crippen LogP contribution in [0.25, 0.3) is 0 Å². The van der Waals surface area contributed by atoms with Crippen LogP contribution >= 0.6 is 0 Å². The van der Waals surface area contributed by atoms with Crippen molar-refractivity contribution in [2.75, 3.05) is 19.0 Å². The smallest absolute Gasteiger partial charge is 0.441 e. The Labute approximate surface area is 163 Å². The van der Waals surface area contributed by atoms with Crippen LogP contribution in [0, 0.1) is 5.82 Å². The van der Waals surface area contributed by atoms with Crippen molar-refractivity contribution in [2.24, 2.45) is 0 Å². The molecule has 1 atom stereocenters. The van der Waals surface area contributed by atoms with Crippen molar-refractivity contribution < 1.29 is 36.6 Å². The molecule has 156 valence electrons. The highest BCUT2D eigenvalue weighted by Crippen LogP contribution is 2.33. The van der Waals surface area contributed by atoms with Gasteiger partial charge in [-0.25, -0.2) is 9.18 Å². The van der Waals surface area contributed by atoms with Crippen LogP contribution in [0.15, 0.2) is 48.5 Å². The summed E-state index contributed by atoms with van der Waals surface area (Å²) in [5.41, 5.74) is -4.01. The van der Waals surface area contributed by atoms with Crippen LogP contribution in [0.2, 0.25) is 0 Å². The fourth-order valence-corrected chi connectivity index (χ4v) is 2.36. The van der Waals surface area contributed by atoms with E-state index in [4.69, 9.17) is 4.74 Å². The highest BCUT2D eigenvalue weighted by Gasteiger charge is 2.63. The van der Waals surface area contributed by atoms with Crippen molar-refractivity contribution in [1.29, 1.82) is 0 Å². The van der Waals surface area contributed by atoms with E-state index >= 15 is 0 Å². The molecule has 0 radical (unpaired) electrons. The van der Waals surface area contributed by atoms with Crippen molar-refractivity contribution in [3.63, 3.8) is 0 Å². The molecule has 0 heterocycles. The summed E-state index contributed by atoms with van der Waals surface area (Å²) >= 11 is 0. The van der Waals surface area contributed by atoms with Gasteiger partial charge in [0.2, 0.25) is 0 Å². The first-order valence-corrected chi connectivity index (χ1v) is 8.37. The zero-order valence-electron chi connectivity index (χ0n) is 15.5. The second kappa shape index (κ2) is 8.80. The lowest BCUT2D eigenvalue weighted by molar-refractivity contribution is -0.204. The van der Waals surface area contributed by atoms with Gasteiger partial charge >= 0.3 is 17.8 Å². The third kappa shape index (κ3) is 4.95. The maximum absolute atomic E-state index is 14.0. The van der Waals surface area contributed by atoms with Crippen LogP contribution in [0.1, 0.15) is 17.3 Å². The van der Waals surface area contributed by atoms with E-state index in [1.165, 1.54) is 38.3 Å². The molecule has 2 aromatic rings. The molecule has 2 aromatic carbocycles. The fourth-order valence-electron chi connectivity index (χ4n) is 2.36. The number of halogens is 4. The second-order valence-corrected chi connectivity index (χ2v) is 5.78. The second-order valence-electron chi connectivity index (χ2n) is 5.78. The number of hydrogen-bond donors (Lipinski definition) is 2. The van der Waals surface area contributed by atoms with E-state index in [1.807, 2.05) is 5.32 Å². The van der Waals surface area contributed by atoms with Crippen LogP contribution in [0.5, 0.6) is 5.75 Å². The molecule has 0 saturated heterocycles. The molecular formula is C19H18F4N2O4. The molecule has 2 rings (SSSR count). The van der Waals surface area contributed by atoms with E-state index in [9.17, 15) is 27.2 Å². The van der Waals surface area contributed by atoms with E-state index in [1.54, 1.807) is 5.32 Å². The maximum atomic E-state index is 14.0. The monoisotopic (exact) mass is 414 g/mol. The third-order valence-electron chi connectivity index (χ3n) is 3.84. The van der Waals surface area contributed by atoms with E-state index in [0.29, 0.717) is 5.75 Å². The number of esters is 1. The number of anilines is 1. The highest BCUT2D eigenvalue weighted by molar-refractivity contribution is 5.99. The fraction of sp³-hybridized carbons (Fsp3) is 0.263. The lowest BCUT2D eigenvalue weighted by atomic mass is 10.1. The van der Waals surface area contributed by atoms with Crippen LogP contribution in [-0.2, 0) is 9.53 Å². The number of carbonyl (C=O) groups excluding carboxylic acids is 2. The quantitative estimate of drug-likeness (QED) is 0.412. The molecule has 0 aliphatic carbocycles. The molecule has 0 bridgehead atoms. The highest BCUT2D eigenvalue weighted by atomic mass is 19.4. The maximum Gasteiger partial charge on any atom is 0.441 e. The van der Waals surface area contributed by atoms with E-state index < -0.39 is 29.5 Å². The van der Waals surface area contributed by atoms with Gasteiger partial charge in [-0.15, -0.1) is 0 Å². The zero-order chi connectivity index (χ0) is 21.7. The summed E-state index contributed by atoms with van der Waals surface area (Å²) in [6, 6.07) is 9.02. The van der Waals surface area contributed by atoms with Gasteiger partial charge in [-0.2, -0.15) is 13.2 Å².